The fraction of sp³-hybridized carbons (Fsp3) is 0.311. The lowest BCUT2D eigenvalue weighted by Crippen LogP contribution is -2.52. The molecule has 13 nitrogen and oxygen atoms in total. The van der Waals surface area contributed by atoms with Crippen molar-refractivity contribution in [1.29, 1.82) is 0 Å². The predicted octanol–water partition coefficient (Wildman–Crippen LogP) is 6.60. The molecule has 59 heavy (non-hydrogen) atoms. The van der Waals surface area contributed by atoms with E-state index in [1.54, 1.807) is 54.8 Å². The third-order valence-corrected chi connectivity index (χ3v) is 11.6. The molecule has 2 aromatic carbocycles. The lowest BCUT2D eigenvalue weighted by Gasteiger charge is -2.41. The molecule has 1 saturated heterocycles. The van der Waals surface area contributed by atoms with E-state index < -0.39 is 6.10 Å². The van der Waals surface area contributed by atoms with Crippen LogP contribution in [-0.4, -0.2) is 93.4 Å². The highest BCUT2D eigenvalue weighted by molar-refractivity contribution is 6.12. The maximum atomic E-state index is 15.2. The lowest BCUT2D eigenvalue weighted by molar-refractivity contribution is -0.132. The number of furan rings is 1. The third kappa shape index (κ3) is 7.62. The molecule has 0 spiro atoms. The Kier molecular flexibility index (Phi) is 11.4. The number of carbonyl (C=O) groups excluding carboxylic acids is 2. The zero-order valence-corrected chi connectivity index (χ0v) is 34.1. The van der Waals surface area contributed by atoms with Gasteiger partial charge >= 0.3 is 0 Å². The van der Waals surface area contributed by atoms with Gasteiger partial charge in [-0.3, -0.25) is 19.4 Å². The number of fused-ring (bicyclic) bond motifs is 3. The number of aryl methyl sites for hydroxylation is 1. The Hall–Kier alpha value is -5.86. The molecule has 0 saturated carbocycles. The molecule has 6 aromatic rings. The number of methoxy groups -OCH3 is 1. The van der Waals surface area contributed by atoms with Crippen molar-refractivity contribution in [3.63, 3.8) is 0 Å². The second-order valence-corrected chi connectivity index (χ2v) is 15.2. The smallest absolute Gasteiger partial charge is 0.292 e. The first kappa shape index (κ1) is 39.9. The second kappa shape index (κ2) is 16.8. The Morgan fingerprint density at radius 3 is 2.54 bits per heavy atom. The molecule has 14 heteroatoms. The minimum Gasteiger partial charge on any atom is -0.508 e. The molecule has 0 aliphatic carbocycles. The number of ether oxygens (including phenoxy) is 3. The number of amides is 2. The number of phenols is 1. The van der Waals surface area contributed by atoms with Gasteiger partial charge in [0, 0.05) is 82.8 Å². The molecule has 0 radical (unpaired) electrons. The summed E-state index contributed by atoms with van der Waals surface area (Å²) in [7, 11) is 5.44. The molecule has 1 fully saturated rings. The van der Waals surface area contributed by atoms with Gasteiger partial charge in [-0.2, -0.15) is 0 Å². The number of hydrogen-bond donors (Lipinski definition) is 1. The first-order valence-corrected chi connectivity index (χ1v) is 19.6. The van der Waals surface area contributed by atoms with E-state index >= 15 is 9.59 Å². The van der Waals surface area contributed by atoms with Crippen LogP contribution in [0.2, 0.25) is 0 Å². The number of nitrogens with zero attached hydrogens (tertiary/aromatic N) is 6. The van der Waals surface area contributed by atoms with E-state index in [4.69, 9.17) is 23.6 Å². The molecule has 306 valence electrons. The van der Waals surface area contributed by atoms with Gasteiger partial charge in [-0.1, -0.05) is 24.3 Å². The quantitative estimate of drug-likeness (QED) is 0.163. The number of anilines is 2. The van der Waals surface area contributed by atoms with Crippen LogP contribution in [-0.2, 0) is 47.8 Å². The average molecular weight is 819 g/mol. The predicted molar refractivity (Wildman–Crippen MR) is 225 cm³/mol. The van der Waals surface area contributed by atoms with Crippen molar-refractivity contribution in [2.45, 2.75) is 31.5 Å². The number of phenolic OH excluding ortho intramolecular Hbond substituents is 1. The number of pyridine rings is 1. The van der Waals surface area contributed by atoms with Crippen molar-refractivity contribution < 1.29 is 33.3 Å². The maximum absolute atomic E-state index is 15.2. The SMILES string of the molecule is COCCc1c(C(=O)N(c2ccc(O)cc2)c2cnc3c(ccn3C)c2)cc(C2Oc3occc3C=C2C(=O)N2Cc3ccccc3C[C@H]2CN2CCOCC2)n1C.Cl. The van der Waals surface area contributed by atoms with Gasteiger partial charge in [0.2, 0.25) is 0 Å². The Bertz CT molecular complexity index is 2520. The molecule has 2 amide bonds. The van der Waals surface area contributed by atoms with Crippen LogP contribution < -0.4 is 9.64 Å². The van der Waals surface area contributed by atoms with Crippen molar-refractivity contribution in [2.24, 2.45) is 14.1 Å². The number of hydrogen-bond acceptors (Lipinski definition) is 9. The summed E-state index contributed by atoms with van der Waals surface area (Å²) >= 11 is 0. The first-order chi connectivity index (χ1) is 28.3. The normalized spacial score (nSPS) is 17.7. The van der Waals surface area contributed by atoms with E-state index in [0.29, 0.717) is 78.2 Å². The molecule has 9 rings (SSSR count). The van der Waals surface area contributed by atoms with E-state index in [0.717, 1.165) is 42.7 Å². The molecule has 0 bridgehead atoms. The summed E-state index contributed by atoms with van der Waals surface area (Å²) in [6, 6.07) is 22.3. The van der Waals surface area contributed by atoms with E-state index in [9.17, 15) is 5.11 Å². The van der Waals surface area contributed by atoms with Crippen LogP contribution >= 0.6 is 12.4 Å². The van der Waals surface area contributed by atoms with Gasteiger partial charge < -0.3 is 37.8 Å². The van der Waals surface area contributed by atoms with Gasteiger partial charge in [-0.05, 0) is 72.2 Å². The molecule has 4 aromatic heterocycles. The Balaban J connectivity index is 0.00000484. The molecule has 3 aliphatic rings. The Labute approximate surface area is 348 Å². The number of rotatable bonds is 10. The number of aromatic nitrogens is 3. The number of carbonyl (C=O) groups is 2. The Morgan fingerprint density at radius 2 is 1.76 bits per heavy atom. The summed E-state index contributed by atoms with van der Waals surface area (Å²) in [5.41, 5.74) is 7.11. The molecule has 1 unspecified atom stereocenters. The molecule has 3 aliphatic heterocycles. The zero-order valence-electron chi connectivity index (χ0n) is 33.2. The second-order valence-electron chi connectivity index (χ2n) is 15.2. The molecular weight excluding hydrogens is 772 g/mol. The number of benzene rings is 2. The summed E-state index contributed by atoms with van der Waals surface area (Å²) in [4.78, 5) is 41.1. The fourth-order valence-corrected chi connectivity index (χ4v) is 8.52. The van der Waals surface area contributed by atoms with Gasteiger partial charge in [-0.25, -0.2) is 4.98 Å². The zero-order chi connectivity index (χ0) is 39.9. The average Bonchev–Trinajstić information content (AvgIpc) is 3.96. The highest BCUT2D eigenvalue weighted by Crippen LogP contribution is 2.42. The van der Waals surface area contributed by atoms with Crippen molar-refractivity contribution >= 4 is 52.7 Å². The van der Waals surface area contributed by atoms with Crippen molar-refractivity contribution in [3.05, 3.63) is 131 Å². The van der Waals surface area contributed by atoms with Gasteiger partial charge in [0.25, 0.3) is 17.8 Å². The topological polar surface area (TPSA) is 128 Å². The van der Waals surface area contributed by atoms with Gasteiger partial charge in [0.05, 0.1) is 60.4 Å². The lowest BCUT2D eigenvalue weighted by atomic mass is 9.91. The largest absolute Gasteiger partial charge is 0.508 e. The molecule has 2 atom stereocenters. The van der Waals surface area contributed by atoms with Gasteiger partial charge in [0.1, 0.15) is 11.4 Å². The number of halogens is 1. The van der Waals surface area contributed by atoms with E-state index in [1.807, 2.05) is 64.7 Å². The van der Waals surface area contributed by atoms with E-state index in [1.165, 1.54) is 5.56 Å². The van der Waals surface area contributed by atoms with Crippen LogP contribution in [0.25, 0.3) is 17.1 Å². The van der Waals surface area contributed by atoms with Crippen LogP contribution in [0.15, 0.2) is 101 Å². The highest BCUT2D eigenvalue weighted by Gasteiger charge is 2.40. The maximum Gasteiger partial charge on any atom is 0.292 e. The molecule has 1 N–H and O–H groups in total. The monoisotopic (exact) mass is 818 g/mol. The molecule has 7 heterocycles. The van der Waals surface area contributed by atoms with Gasteiger partial charge in [0.15, 0.2) is 6.10 Å². The van der Waals surface area contributed by atoms with Crippen LogP contribution in [0.3, 0.4) is 0 Å². The van der Waals surface area contributed by atoms with Crippen molar-refractivity contribution in [3.8, 4) is 11.7 Å². The van der Waals surface area contributed by atoms with E-state index in [2.05, 4.69) is 23.1 Å². The van der Waals surface area contributed by atoms with Crippen LogP contribution in [0.4, 0.5) is 11.4 Å². The van der Waals surface area contributed by atoms with Crippen molar-refractivity contribution in [2.75, 3.05) is 51.5 Å². The van der Waals surface area contributed by atoms with Crippen molar-refractivity contribution in [1.82, 2.24) is 23.9 Å². The molecular formula is C45H47ClN6O7. The summed E-state index contributed by atoms with van der Waals surface area (Å²) in [6.07, 6.45) is 7.27. The first-order valence-electron chi connectivity index (χ1n) is 19.6. The standard InChI is InChI=1S/C45H46N6O7.ClH/c1-47-15-12-30-23-34(26-46-42(30)47)51(33-8-10-36(52)11-9-33)44(54)37-25-40(48(2)39(37)14-18-55-3)41-38(24-31-13-19-57-45(31)58-41)43(53)50-27-32-7-5-4-6-29(32)22-35(50)28-49-16-20-56-21-17-49;/h4-13,15,19,23-26,35,41,52H,14,16-18,20-22,27-28H2,1-3H3;1H/t35-,41?;/m0./s1. The number of morpholine rings is 1. The highest BCUT2D eigenvalue weighted by atomic mass is 35.5. The van der Waals surface area contributed by atoms with Crippen LogP contribution in [0.5, 0.6) is 11.7 Å². The van der Waals surface area contributed by atoms with Crippen LogP contribution in [0, 0.1) is 0 Å². The summed E-state index contributed by atoms with van der Waals surface area (Å²) in [6.45, 7) is 4.50. The third-order valence-electron chi connectivity index (χ3n) is 11.6. The summed E-state index contributed by atoms with van der Waals surface area (Å²) < 4.78 is 27.5. The summed E-state index contributed by atoms with van der Waals surface area (Å²) in [5.74, 6) is -0.0723. The Morgan fingerprint density at radius 1 is 0.983 bits per heavy atom. The minimum absolute atomic E-state index is 0. The van der Waals surface area contributed by atoms with E-state index in [-0.39, 0.29) is 36.0 Å². The minimum atomic E-state index is -0.898. The van der Waals surface area contributed by atoms with Crippen LogP contribution in [0.1, 0.15) is 44.5 Å². The summed E-state index contributed by atoms with van der Waals surface area (Å²) in [5, 5.41) is 11.1. The van der Waals surface area contributed by atoms with Gasteiger partial charge in [-0.15, -0.1) is 12.4 Å². The fourth-order valence-electron chi connectivity index (χ4n) is 8.52. The number of aromatic hydroxyl groups is 1.